The van der Waals surface area contributed by atoms with Crippen molar-refractivity contribution in [3.8, 4) is 10.4 Å². The molecular weight excluding hydrogens is 360 g/mol. The Morgan fingerprint density at radius 3 is 2.44 bits per heavy atom. The van der Waals surface area contributed by atoms with Crippen molar-refractivity contribution in [2.75, 3.05) is 32.8 Å². The van der Waals surface area contributed by atoms with Gasteiger partial charge in [-0.15, -0.1) is 11.3 Å². The highest BCUT2D eigenvalue weighted by atomic mass is 32.1. The number of carbonyl (C=O) groups is 2. The maximum atomic E-state index is 12.9. The van der Waals surface area contributed by atoms with Crippen LogP contribution >= 0.6 is 11.3 Å². The molecule has 2 fully saturated rings. The van der Waals surface area contributed by atoms with Crippen LogP contribution in [0, 0.1) is 6.92 Å². The molecule has 1 aromatic carbocycles. The molecule has 0 spiro atoms. The lowest BCUT2D eigenvalue weighted by molar-refractivity contribution is -0.142. The fraction of sp³-hybridized carbons (Fsp3) is 0.429. The Bertz CT molecular complexity index is 819. The molecule has 2 saturated heterocycles. The van der Waals surface area contributed by atoms with Crippen LogP contribution in [-0.4, -0.2) is 60.5 Å². The smallest absolute Gasteiger partial charge is 0.264 e. The van der Waals surface area contributed by atoms with Crippen LogP contribution in [0.2, 0.25) is 0 Å². The molecule has 0 aliphatic carbocycles. The SMILES string of the molecule is Cc1cc(C(=O)N2CCN(C(=O)[C@@H]3CCCO3)CC2)sc1-c1ccccc1. The predicted molar refractivity (Wildman–Crippen MR) is 106 cm³/mol. The van der Waals surface area contributed by atoms with Crippen LogP contribution in [0.25, 0.3) is 10.4 Å². The van der Waals surface area contributed by atoms with Gasteiger partial charge in [-0.3, -0.25) is 9.59 Å². The molecule has 4 rings (SSSR count). The Morgan fingerprint density at radius 1 is 1.07 bits per heavy atom. The minimum absolute atomic E-state index is 0.0643. The molecule has 2 aromatic rings. The molecule has 27 heavy (non-hydrogen) atoms. The first-order chi connectivity index (χ1) is 13.1. The van der Waals surface area contributed by atoms with Crippen LogP contribution in [0.5, 0.6) is 0 Å². The van der Waals surface area contributed by atoms with E-state index in [1.54, 1.807) is 11.3 Å². The average molecular weight is 385 g/mol. The molecule has 2 aliphatic rings. The lowest BCUT2D eigenvalue weighted by atomic mass is 10.1. The highest BCUT2D eigenvalue weighted by Crippen LogP contribution is 2.33. The van der Waals surface area contributed by atoms with Crippen molar-refractivity contribution >= 4 is 23.2 Å². The average Bonchev–Trinajstić information content (AvgIpc) is 3.38. The summed E-state index contributed by atoms with van der Waals surface area (Å²) in [6, 6.07) is 12.2. The zero-order valence-electron chi connectivity index (χ0n) is 15.5. The molecule has 2 aliphatic heterocycles. The first-order valence-corrected chi connectivity index (χ1v) is 10.3. The van der Waals surface area contributed by atoms with Gasteiger partial charge in [-0.2, -0.15) is 0 Å². The molecule has 3 heterocycles. The Morgan fingerprint density at radius 2 is 1.78 bits per heavy atom. The van der Waals surface area contributed by atoms with Crippen molar-refractivity contribution in [3.05, 3.63) is 46.8 Å². The number of benzene rings is 1. The third-order valence-electron chi connectivity index (χ3n) is 5.25. The zero-order valence-corrected chi connectivity index (χ0v) is 16.3. The van der Waals surface area contributed by atoms with Crippen molar-refractivity contribution in [1.82, 2.24) is 9.80 Å². The third-order valence-corrected chi connectivity index (χ3v) is 6.52. The van der Waals surface area contributed by atoms with Gasteiger partial charge in [0, 0.05) is 37.7 Å². The number of rotatable bonds is 3. The first-order valence-electron chi connectivity index (χ1n) is 9.49. The van der Waals surface area contributed by atoms with Gasteiger partial charge < -0.3 is 14.5 Å². The quantitative estimate of drug-likeness (QED) is 0.817. The Labute approximate surface area is 163 Å². The van der Waals surface area contributed by atoms with Crippen LogP contribution in [-0.2, 0) is 9.53 Å². The number of ether oxygens (including phenoxy) is 1. The molecule has 5 nitrogen and oxygen atoms in total. The van der Waals surface area contributed by atoms with Gasteiger partial charge in [0.2, 0.25) is 0 Å². The standard InChI is InChI=1S/C21H24N2O3S/c1-15-14-18(27-19(15)16-6-3-2-4-7-16)21(25)23-11-9-22(10-12-23)20(24)17-8-5-13-26-17/h2-4,6-7,14,17H,5,8-13H2,1H3/t17-/m0/s1. The summed E-state index contributed by atoms with van der Waals surface area (Å²) in [5, 5.41) is 0. The summed E-state index contributed by atoms with van der Waals surface area (Å²) < 4.78 is 5.50. The van der Waals surface area contributed by atoms with Crippen molar-refractivity contribution < 1.29 is 14.3 Å². The summed E-state index contributed by atoms with van der Waals surface area (Å²) in [6.45, 7) is 5.05. The number of nitrogens with zero attached hydrogens (tertiary/aromatic N) is 2. The van der Waals surface area contributed by atoms with E-state index < -0.39 is 0 Å². The van der Waals surface area contributed by atoms with Crippen molar-refractivity contribution in [3.63, 3.8) is 0 Å². The molecule has 1 atom stereocenters. The molecule has 0 radical (unpaired) electrons. The minimum atomic E-state index is -0.277. The molecule has 0 bridgehead atoms. The molecular formula is C21H24N2O3S. The van der Waals surface area contributed by atoms with E-state index in [0.29, 0.717) is 32.8 Å². The minimum Gasteiger partial charge on any atom is -0.368 e. The summed E-state index contributed by atoms with van der Waals surface area (Å²) in [5.74, 6) is 0.146. The van der Waals surface area contributed by atoms with Gasteiger partial charge in [-0.25, -0.2) is 0 Å². The molecule has 0 saturated carbocycles. The van der Waals surface area contributed by atoms with E-state index in [2.05, 4.69) is 12.1 Å². The van der Waals surface area contributed by atoms with Gasteiger partial charge in [0.25, 0.3) is 11.8 Å². The predicted octanol–water partition coefficient (Wildman–Crippen LogP) is 3.19. The summed E-state index contributed by atoms with van der Waals surface area (Å²) in [5.41, 5.74) is 2.27. The summed E-state index contributed by atoms with van der Waals surface area (Å²) in [4.78, 5) is 31.0. The van der Waals surface area contributed by atoms with Crippen molar-refractivity contribution in [1.29, 1.82) is 0 Å². The van der Waals surface area contributed by atoms with Gasteiger partial charge in [-0.1, -0.05) is 30.3 Å². The van der Waals surface area contributed by atoms with Crippen LogP contribution < -0.4 is 0 Å². The van der Waals surface area contributed by atoms with E-state index >= 15 is 0 Å². The van der Waals surface area contributed by atoms with Crippen molar-refractivity contribution in [2.24, 2.45) is 0 Å². The second kappa shape index (κ2) is 7.82. The molecule has 2 amide bonds. The number of hydrogen-bond donors (Lipinski definition) is 0. The summed E-state index contributed by atoms with van der Waals surface area (Å²) in [7, 11) is 0. The summed E-state index contributed by atoms with van der Waals surface area (Å²) in [6.07, 6.45) is 1.49. The van der Waals surface area contributed by atoms with Crippen LogP contribution in [0.3, 0.4) is 0 Å². The number of amides is 2. The van der Waals surface area contributed by atoms with E-state index in [4.69, 9.17) is 4.74 Å². The normalized spacial score (nSPS) is 20.1. The highest BCUT2D eigenvalue weighted by Gasteiger charge is 2.31. The monoisotopic (exact) mass is 384 g/mol. The lowest BCUT2D eigenvalue weighted by Gasteiger charge is -2.35. The fourth-order valence-electron chi connectivity index (χ4n) is 3.73. The maximum absolute atomic E-state index is 12.9. The molecule has 142 valence electrons. The third kappa shape index (κ3) is 3.77. The Kier molecular flexibility index (Phi) is 5.27. The highest BCUT2D eigenvalue weighted by molar-refractivity contribution is 7.17. The molecule has 0 unspecified atom stereocenters. The number of piperazine rings is 1. The fourth-order valence-corrected chi connectivity index (χ4v) is 4.87. The van der Waals surface area contributed by atoms with E-state index in [9.17, 15) is 9.59 Å². The maximum Gasteiger partial charge on any atom is 0.264 e. The molecule has 6 heteroatoms. The van der Waals surface area contributed by atoms with E-state index in [1.165, 1.54) is 0 Å². The van der Waals surface area contributed by atoms with Crippen LogP contribution in [0.4, 0.5) is 0 Å². The second-order valence-electron chi connectivity index (χ2n) is 7.11. The van der Waals surface area contributed by atoms with Crippen LogP contribution in [0.1, 0.15) is 28.1 Å². The van der Waals surface area contributed by atoms with Gasteiger partial charge in [0.1, 0.15) is 6.10 Å². The zero-order chi connectivity index (χ0) is 18.8. The number of carbonyl (C=O) groups excluding carboxylic acids is 2. The molecule has 1 aromatic heterocycles. The number of hydrogen-bond acceptors (Lipinski definition) is 4. The Balaban J connectivity index is 1.40. The number of aryl methyl sites for hydroxylation is 1. The van der Waals surface area contributed by atoms with Gasteiger partial charge in [0.05, 0.1) is 4.88 Å². The van der Waals surface area contributed by atoms with Gasteiger partial charge in [0.15, 0.2) is 0 Å². The van der Waals surface area contributed by atoms with Crippen LogP contribution in [0.15, 0.2) is 36.4 Å². The Hall–Kier alpha value is -2.18. The van der Waals surface area contributed by atoms with E-state index in [1.807, 2.05) is 41.0 Å². The summed E-state index contributed by atoms with van der Waals surface area (Å²) >= 11 is 1.55. The second-order valence-corrected chi connectivity index (χ2v) is 8.16. The van der Waals surface area contributed by atoms with E-state index in [-0.39, 0.29) is 17.9 Å². The number of thiophene rings is 1. The first kappa shape index (κ1) is 18.2. The largest absolute Gasteiger partial charge is 0.368 e. The lowest BCUT2D eigenvalue weighted by Crippen LogP contribution is -2.52. The molecule has 0 N–H and O–H groups in total. The van der Waals surface area contributed by atoms with Crippen molar-refractivity contribution in [2.45, 2.75) is 25.9 Å². The van der Waals surface area contributed by atoms with Gasteiger partial charge in [-0.05, 0) is 37.0 Å². The van der Waals surface area contributed by atoms with E-state index in [0.717, 1.165) is 33.7 Å². The van der Waals surface area contributed by atoms with Gasteiger partial charge >= 0.3 is 0 Å². The topological polar surface area (TPSA) is 49.9 Å².